The molecule has 2 aromatic rings. The normalized spacial score (nSPS) is 26.7. The van der Waals surface area contributed by atoms with Crippen molar-refractivity contribution in [2.45, 2.75) is 68.9 Å². The van der Waals surface area contributed by atoms with Gasteiger partial charge in [0, 0.05) is 25.7 Å². The van der Waals surface area contributed by atoms with E-state index in [1.165, 1.54) is 49.6 Å². The van der Waals surface area contributed by atoms with Gasteiger partial charge < -0.3 is 21.5 Å². The molecule has 0 aliphatic carbocycles. The van der Waals surface area contributed by atoms with Crippen LogP contribution in [0.15, 0.2) is 73.3 Å². The molecule has 2 aliphatic rings. The van der Waals surface area contributed by atoms with Gasteiger partial charge in [0.05, 0.1) is 31.7 Å². The third-order valence-electron chi connectivity index (χ3n) is 8.33. The van der Waals surface area contributed by atoms with E-state index in [0.29, 0.717) is 5.92 Å². The molecular formula is C29H37BrN2. The molecule has 2 bridgehead atoms. The van der Waals surface area contributed by atoms with Gasteiger partial charge in [-0.15, -0.1) is 6.58 Å². The van der Waals surface area contributed by atoms with Crippen molar-refractivity contribution < 1.29 is 21.5 Å². The number of piperidine rings is 1. The zero-order valence-corrected chi connectivity index (χ0v) is 21.0. The van der Waals surface area contributed by atoms with Gasteiger partial charge >= 0.3 is 0 Å². The predicted octanol–water partition coefficient (Wildman–Crippen LogP) is 3.63. The number of quaternary nitrogens is 1. The van der Waals surface area contributed by atoms with Crippen molar-refractivity contribution in [2.24, 2.45) is 5.92 Å². The molecule has 1 unspecified atom stereocenters. The summed E-state index contributed by atoms with van der Waals surface area (Å²) in [7, 11) is 2.51. The van der Waals surface area contributed by atoms with Crippen molar-refractivity contribution >= 4 is 0 Å². The Morgan fingerprint density at radius 1 is 0.969 bits per heavy atom. The minimum Gasteiger partial charge on any atom is -1.00 e. The number of rotatable bonds is 9. The summed E-state index contributed by atoms with van der Waals surface area (Å²) in [5.41, 5.74) is 1.73. The quantitative estimate of drug-likeness (QED) is 0.297. The lowest BCUT2D eigenvalue weighted by molar-refractivity contribution is -0.949. The number of benzene rings is 2. The van der Waals surface area contributed by atoms with Crippen molar-refractivity contribution in [1.29, 1.82) is 5.26 Å². The Kier molecular flexibility index (Phi) is 8.37. The van der Waals surface area contributed by atoms with E-state index in [9.17, 15) is 5.26 Å². The van der Waals surface area contributed by atoms with E-state index >= 15 is 0 Å². The van der Waals surface area contributed by atoms with Gasteiger partial charge in [-0.05, 0) is 42.7 Å². The van der Waals surface area contributed by atoms with Gasteiger partial charge in [0.25, 0.3) is 0 Å². The molecule has 0 amide bonds. The average molecular weight is 494 g/mol. The lowest BCUT2D eigenvalue weighted by Gasteiger charge is -2.48. The van der Waals surface area contributed by atoms with Gasteiger partial charge in [0.15, 0.2) is 0 Å². The van der Waals surface area contributed by atoms with Crippen molar-refractivity contribution in [1.82, 2.24) is 0 Å². The van der Waals surface area contributed by atoms with Crippen LogP contribution in [0.4, 0.5) is 0 Å². The SMILES string of the molecule is C=CCCCC[N+]1(C)[C@@H]2CC[C@H]1C[C@@H](CC(C#N)(c1ccccc1)c1ccccc1)C2.[Br-]. The van der Waals surface area contributed by atoms with Crippen molar-refractivity contribution in [2.75, 3.05) is 13.6 Å². The highest BCUT2D eigenvalue weighted by atomic mass is 79.9. The lowest BCUT2D eigenvalue weighted by Crippen LogP contribution is -3.00. The van der Waals surface area contributed by atoms with Crippen LogP contribution in [0.1, 0.15) is 62.5 Å². The smallest absolute Gasteiger partial charge is 0.107 e. The van der Waals surface area contributed by atoms with Crippen LogP contribution in [-0.4, -0.2) is 30.2 Å². The summed E-state index contributed by atoms with van der Waals surface area (Å²) >= 11 is 0. The topological polar surface area (TPSA) is 23.8 Å². The van der Waals surface area contributed by atoms with E-state index in [0.717, 1.165) is 36.1 Å². The first-order valence-corrected chi connectivity index (χ1v) is 12.1. The van der Waals surface area contributed by atoms with Crippen molar-refractivity contribution in [3.63, 3.8) is 0 Å². The van der Waals surface area contributed by atoms with Crippen molar-refractivity contribution in [3.8, 4) is 6.07 Å². The first-order valence-electron chi connectivity index (χ1n) is 12.1. The van der Waals surface area contributed by atoms with E-state index in [-0.39, 0.29) is 17.0 Å². The van der Waals surface area contributed by atoms with Crippen LogP contribution in [0.25, 0.3) is 0 Å². The fourth-order valence-electron chi connectivity index (χ4n) is 6.58. The van der Waals surface area contributed by atoms with Gasteiger partial charge in [0.1, 0.15) is 5.41 Å². The second kappa shape index (κ2) is 10.8. The zero-order chi connectivity index (χ0) is 21.7. The number of nitriles is 1. The Balaban J connectivity index is 0.00000289. The van der Waals surface area contributed by atoms with Gasteiger partial charge in [0.2, 0.25) is 0 Å². The van der Waals surface area contributed by atoms with Crippen LogP contribution in [0, 0.1) is 17.2 Å². The molecule has 0 N–H and O–H groups in total. The molecule has 2 heterocycles. The standard InChI is InChI=1S/C29H37N2.BrH/c1-3-4-5-12-19-31(2)27-17-18-28(31)21-24(20-27)22-29(23-30,25-13-8-6-9-14-25)26-15-10-7-11-16-26;/h3,6-11,13-16,24,27-28H,1,4-5,12,17-22H2,2H3;1H/q+1;/p-1/t24-,27+,28-,31?;. The number of hydrogen-bond donors (Lipinski definition) is 0. The maximum Gasteiger partial charge on any atom is 0.107 e. The van der Waals surface area contributed by atoms with Crippen LogP contribution >= 0.6 is 0 Å². The highest BCUT2D eigenvalue weighted by Crippen LogP contribution is 2.48. The van der Waals surface area contributed by atoms with Crippen LogP contribution in [0.2, 0.25) is 0 Å². The molecular weight excluding hydrogens is 456 g/mol. The average Bonchev–Trinajstić information content (AvgIpc) is 2.98. The fourth-order valence-corrected chi connectivity index (χ4v) is 6.58. The van der Waals surface area contributed by atoms with Crippen LogP contribution in [0.5, 0.6) is 0 Å². The highest BCUT2D eigenvalue weighted by molar-refractivity contribution is 5.45. The molecule has 0 spiro atoms. The van der Waals surface area contributed by atoms with Crippen molar-refractivity contribution in [3.05, 3.63) is 84.4 Å². The Hall–Kier alpha value is -1.89. The Morgan fingerprint density at radius 2 is 1.50 bits per heavy atom. The van der Waals surface area contributed by atoms with Gasteiger partial charge in [-0.3, -0.25) is 0 Å². The molecule has 32 heavy (non-hydrogen) atoms. The van der Waals surface area contributed by atoms with Crippen LogP contribution in [-0.2, 0) is 5.41 Å². The molecule has 2 aliphatic heterocycles. The molecule has 4 atom stereocenters. The van der Waals surface area contributed by atoms with Gasteiger partial charge in [-0.25, -0.2) is 0 Å². The van der Waals surface area contributed by atoms with E-state index in [4.69, 9.17) is 0 Å². The third kappa shape index (κ3) is 4.73. The van der Waals surface area contributed by atoms with Gasteiger partial charge in [-0.1, -0.05) is 66.7 Å². The Morgan fingerprint density at radius 3 is 1.97 bits per heavy atom. The molecule has 0 saturated carbocycles. The first kappa shape index (κ1) is 24.7. The maximum atomic E-state index is 10.6. The summed E-state index contributed by atoms with van der Waals surface area (Å²) in [5, 5.41) is 10.6. The highest BCUT2D eigenvalue weighted by Gasteiger charge is 2.52. The number of unbranched alkanes of at least 4 members (excludes halogenated alkanes) is 2. The largest absolute Gasteiger partial charge is 1.00 e. The van der Waals surface area contributed by atoms with Gasteiger partial charge in [-0.2, -0.15) is 5.26 Å². The number of fused-ring (bicyclic) bond motifs is 2. The monoisotopic (exact) mass is 492 g/mol. The minimum atomic E-state index is -0.558. The van der Waals surface area contributed by atoms with E-state index in [1.54, 1.807) is 0 Å². The summed E-state index contributed by atoms with van der Waals surface area (Å²) in [6.07, 6.45) is 11.9. The Labute approximate surface area is 205 Å². The minimum absolute atomic E-state index is 0. The van der Waals surface area contributed by atoms with Crippen LogP contribution < -0.4 is 17.0 Å². The summed E-state index contributed by atoms with van der Waals surface area (Å²) in [5.74, 6) is 0.608. The number of nitrogens with zero attached hydrogens (tertiary/aromatic N) is 2. The molecule has 0 radical (unpaired) electrons. The number of allylic oxidation sites excluding steroid dienone is 1. The van der Waals surface area contributed by atoms with Crippen LogP contribution in [0.3, 0.4) is 0 Å². The third-order valence-corrected chi connectivity index (χ3v) is 8.33. The summed E-state index contributed by atoms with van der Waals surface area (Å²) < 4.78 is 1.27. The van der Waals surface area contributed by atoms with E-state index < -0.39 is 5.41 Å². The summed E-state index contributed by atoms with van der Waals surface area (Å²) in [4.78, 5) is 0. The molecule has 170 valence electrons. The zero-order valence-electron chi connectivity index (χ0n) is 19.4. The molecule has 0 aromatic heterocycles. The molecule has 2 aromatic carbocycles. The second-order valence-electron chi connectivity index (χ2n) is 10.0. The first-order chi connectivity index (χ1) is 15.1. The second-order valence-corrected chi connectivity index (χ2v) is 10.0. The summed E-state index contributed by atoms with van der Waals surface area (Å²) in [6, 6.07) is 25.3. The Bertz CT molecular complexity index is 848. The van der Waals surface area contributed by atoms with E-state index in [2.05, 4.69) is 74.3 Å². The fraction of sp³-hybridized carbons (Fsp3) is 0.483. The predicted molar refractivity (Wildman–Crippen MR) is 129 cm³/mol. The lowest BCUT2D eigenvalue weighted by atomic mass is 9.67. The summed E-state index contributed by atoms with van der Waals surface area (Å²) in [6.45, 7) is 5.18. The van der Waals surface area contributed by atoms with E-state index in [1.807, 2.05) is 12.1 Å². The molecule has 2 nitrogen and oxygen atoms in total. The molecule has 4 rings (SSSR count). The molecule has 3 heteroatoms. The number of halogens is 1. The molecule has 2 fully saturated rings. The number of hydrogen-bond acceptors (Lipinski definition) is 1. The molecule has 2 saturated heterocycles. The maximum absolute atomic E-state index is 10.6.